The second-order valence-corrected chi connectivity index (χ2v) is 4.18. The first kappa shape index (κ1) is 12.4. The lowest BCUT2D eigenvalue weighted by Gasteiger charge is -2.31. The Labute approximate surface area is 94.5 Å². The summed E-state index contributed by atoms with van der Waals surface area (Å²) in [5.41, 5.74) is 0.188. The molecule has 1 atom stereocenters. The molecule has 1 aliphatic rings. The molecular weight excluding hydrogens is 208 g/mol. The standard InChI is InChI=1S/C11H16N2O3/c1-6(2)5-9-11(16)13(8(4)14)7(3)10(15)12-9/h5-7H,1-4H3,(H,12,15)/b9-5-. The molecule has 0 saturated carbocycles. The summed E-state index contributed by atoms with van der Waals surface area (Å²) < 4.78 is 0. The van der Waals surface area contributed by atoms with Crippen molar-refractivity contribution >= 4 is 17.7 Å². The van der Waals surface area contributed by atoms with Crippen molar-refractivity contribution in [1.29, 1.82) is 0 Å². The predicted molar refractivity (Wildman–Crippen MR) is 58.1 cm³/mol. The summed E-state index contributed by atoms with van der Waals surface area (Å²) in [7, 11) is 0. The summed E-state index contributed by atoms with van der Waals surface area (Å²) >= 11 is 0. The molecule has 1 fully saturated rings. The fraction of sp³-hybridized carbons (Fsp3) is 0.545. The van der Waals surface area contributed by atoms with Gasteiger partial charge in [-0.1, -0.05) is 19.9 Å². The minimum Gasteiger partial charge on any atom is -0.320 e. The number of allylic oxidation sites excluding steroid dienone is 1. The minimum absolute atomic E-state index is 0.126. The molecule has 1 saturated heterocycles. The smallest absolute Gasteiger partial charge is 0.277 e. The van der Waals surface area contributed by atoms with Crippen LogP contribution >= 0.6 is 0 Å². The summed E-state index contributed by atoms with van der Waals surface area (Å²) in [6.45, 7) is 6.59. The van der Waals surface area contributed by atoms with E-state index in [0.717, 1.165) is 4.90 Å². The summed E-state index contributed by atoms with van der Waals surface area (Å²) in [4.78, 5) is 35.7. The topological polar surface area (TPSA) is 66.5 Å². The molecule has 0 aromatic heterocycles. The highest BCUT2D eigenvalue weighted by molar-refractivity contribution is 6.11. The summed E-state index contributed by atoms with van der Waals surface area (Å²) in [5.74, 6) is -1.06. The first-order valence-corrected chi connectivity index (χ1v) is 5.21. The fourth-order valence-corrected chi connectivity index (χ4v) is 1.58. The summed E-state index contributed by atoms with van der Waals surface area (Å²) in [6, 6.07) is -0.741. The van der Waals surface area contributed by atoms with Crippen LogP contribution in [-0.4, -0.2) is 28.7 Å². The van der Waals surface area contributed by atoms with Crippen molar-refractivity contribution in [2.45, 2.75) is 33.7 Å². The minimum atomic E-state index is -0.741. The summed E-state index contributed by atoms with van der Waals surface area (Å²) in [6.07, 6.45) is 1.64. The first-order valence-electron chi connectivity index (χ1n) is 5.21. The Bertz CT molecular complexity index is 371. The van der Waals surface area contributed by atoms with Gasteiger partial charge < -0.3 is 5.32 Å². The number of piperazine rings is 1. The van der Waals surface area contributed by atoms with Crippen LogP contribution in [0.2, 0.25) is 0 Å². The van der Waals surface area contributed by atoms with Gasteiger partial charge in [0.1, 0.15) is 11.7 Å². The molecule has 0 aromatic carbocycles. The van der Waals surface area contributed by atoms with E-state index in [0.29, 0.717) is 0 Å². The largest absolute Gasteiger partial charge is 0.320 e. The third kappa shape index (κ3) is 2.29. The van der Waals surface area contributed by atoms with Crippen LogP contribution in [0.25, 0.3) is 0 Å². The van der Waals surface area contributed by atoms with Gasteiger partial charge in [0.15, 0.2) is 0 Å². The molecule has 0 aliphatic carbocycles. The van der Waals surface area contributed by atoms with Crippen molar-refractivity contribution in [3.8, 4) is 0 Å². The molecule has 5 nitrogen and oxygen atoms in total. The van der Waals surface area contributed by atoms with Gasteiger partial charge >= 0.3 is 0 Å². The summed E-state index contributed by atoms with van der Waals surface area (Å²) in [5, 5.41) is 2.51. The molecule has 1 unspecified atom stereocenters. The predicted octanol–water partition coefficient (Wildman–Crippen LogP) is 0.420. The van der Waals surface area contributed by atoms with Crippen molar-refractivity contribution in [3.05, 3.63) is 11.8 Å². The zero-order chi connectivity index (χ0) is 12.5. The average molecular weight is 224 g/mol. The Morgan fingerprint density at radius 2 is 2.00 bits per heavy atom. The zero-order valence-electron chi connectivity index (χ0n) is 9.90. The van der Waals surface area contributed by atoms with E-state index in [-0.39, 0.29) is 17.5 Å². The Hall–Kier alpha value is -1.65. The second kappa shape index (κ2) is 4.47. The second-order valence-electron chi connectivity index (χ2n) is 4.18. The highest BCUT2D eigenvalue weighted by atomic mass is 16.2. The fourth-order valence-electron chi connectivity index (χ4n) is 1.58. The van der Waals surface area contributed by atoms with E-state index in [9.17, 15) is 14.4 Å². The number of rotatable bonds is 1. The van der Waals surface area contributed by atoms with Gasteiger partial charge in [0.05, 0.1) is 0 Å². The van der Waals surface area contributed by atoms with Gasteiger partial charge in [0, 0.05) is 6.92 Å². The Morgan fingerprint density at radius 1 is 1.44 bits per heavy atom. The van der Waals surface area contributed by atoms with Crippen LogP contribution in [0.5, 0.6) is 0 Å². The molecule has 0 aromatic rings. The lowest BCUT2D eigenvalue weighted by Crippen LogP contribution is -2.57. The van der Waals surface area contributed by atoms with Gasteiger partial charge in [-0.3, -0.25) is 19.3 Å². The van der Waals surface area contributed by atoms with Crippen LogP contribution in [0.4, 0.5) is 0 Å². The van der Waals surface area contributed by atoms with Crippen molar-refractivity contribution in [2.75, 3.05) is 0 Å². The zero-order valence-corrected chi connectivity index (χ0v) is 9.90. The maximum absolute atomic E-state index is 11.9. The Balaban J connectivity index is 3.07. The van der Waals surface area contributed by atoms with E-state index >= 15 is 0 Å². The molecule has 1 heterocycles. The normalized spacial score (nSPS) is 23.9. The van der Waals surface area contributed by atoms with E-state index in [1.165, 1.54) is 13.8 Å². The monoisotopic (exact) mass is 224 g/mol. The van der Waals surface area contributed by atoms with Crippen LogP contribution in [-0.2, 0) is 14.4 Å². The molecule has 1 N–H and O–H groups in total. The van der Waals surface area contributed by atoms with E-state index < -0.39 is 17.9 Å². The van der Waals surface area contributed by atoms with E-state index in [1.54, 1.807) is 6.08 Å². The lowest BCUT2D eigenvalue weighted by atomic mass is 10.1. The molecule has 1 aliphatic heterocycles. The number of carbonyl (C=O) groups excluding carboxylic acids is 3. The molecule has 0 radical (unpaired) electrons. The van der Waals surface area contributed by atoms with Crippen molar-refractivity contribution in [3.63, 3.8) is 0 Å². The molecule has 1 rings (SSSR count). The van der Waals surface area contributed by atoms with Gasteiger partial charge in [-0.15, -0.1) is 0 Å². The van der Waals surface area contributed by atoms with Crippen LogP contribution in [0, 0.1) is 5.92 Å². The van der Waals surface area contributed by atoms with Gasteiger partial charge in [-0.25, -0.2) is 0 Å². The third-order valence-electron chi connectivity index (χ3n) is 2.31. The highest BCUT2D eigenvalue weighted by Gasteiger charge is 2.36. The number of carbonyl (C=O) groups is 3. The maximum Gasteiger partial charge on any atom is 0.277 e. The molecular formula is C11H16N2O3. The number of imide groups is 1. The quantitative estimate of drug-likeness (QED) is 0.656. The van der Waals surface area contributed by atoms with Crippen molar-refractivity contribution < 1.29 is 14.4 Å². The van der Waals surface area contributed by atoms with Gasteiger partial charge in [0.25, 0.3) is 5.91 Å². The van der Waals surface area contributed by atoms with E-state index in [4.69, 9.17) is 0 Å². The number of hydrogen-bond donors (Lipinski definition) is 1. The van der Waals surface area contributed by atoms with Gasteiger partial charge in [-0.2, -0.15) is 0 Å². The van der Waals surface area contributed by atoms with Crippen molar-refractivity contribution in [2.24, 2.45) is 5.92 Å². The van der Waals surface area contributed by atoms with Gasteiger partial charge in [-0.05, 0) is 12.8 Å². The van der Waals surface area contributed by atoms with Gasteiger partial charge in [0.2, 0.25) is 11.8 Å². The van der Waals surface area contributed by atoms with Crippen LogP contribution in [0.3, 0.4) is 0 Å². The molecule has 0 bridgehead atoms. The van der Waals surface area contributed by atoms with E-state index in [1.807, 2.05) is 13.8 Å². The third-order valence-corrected chi connectivity index (χ3v) is 2.31. The van der Waals surface area contributed by atoms with Crippen LogP contribution in [0.15, 0.2) is 11.8 Å². The number of hydrogen-bond acceptors (Lipinski definition) is 3. The first-order chi connectivity index (χ1) is 7.34. The number of amides is 3. The Kier molecular flexibility index (Phi) is 3.47. The maximum atomic E-state index is 11.9. The average Bonchev–Trinajstić information content (AvgIpc) is 2.13. The lowest BCUT2D eigenvalue weighted by molar-refractivity contribution is -0.151. The van der Waals surface area contributed by atoms with Crippen LogP contribution in [0.1, 0.15) is 27.7 Å². The molecule has 0 spiro atoms. The Morgan fingerprint density at radius 3 is 2.44 bits per heavy atom. The van der Waals surface area contributed by atoms with Crippen LogP contribution < -0.4 is 5.32 Å². The highest BCUT2D eigenvalue weighted by Crippen LogP contribution is 2.14. The molecule has 3 amide bonds. The molecule has 88 valence electrons. The SMILES string of the molecule is CC(=O)N1C(=O)/C(=C/C(C)C)NC(=O)C1C. The molecule has 5 heteroatoms. The number of nitrogens with zero attached hydrogens (tertiary/aromatic N) is 1. The van der Waals surface area contributed by atoms with Crippen molar-refractivity contribution in [1.82, 2.24) is 10.2 Å². The molecule has 16 heavy (non-hydrogen) atoms. The number of nitrogens with one attached hydrogen (secondary N) is 1. The van der Waals surface area contributed by atoms with E-state index in [2.05, 4.69) is 5.32 Å².